The molecule has 0 aromatic heterocycles. The van der Waals surface area contributed by atoms with E-state index in [1.807, 2.05) is 44.2 Å². The minimum absolute atomic E-state index is 0.0693. The molecule has 1 unspecified atom stereocenters. The van der Waals surface area contributed by atoms with E-state index in [4.69, 9.17) is 0 Å². The second kappa shape index (κ2) is 11.0. The van der Waals surface area contributed by atoms with E-state index in [9.17, 15) is 20.0 Å². The van der Waals surface area contributed by atoms with Crippen LogP contribution in [0.3, 0.4) is 0 Å². The predicted molar refractivity (Wildman–Crippen MR) is 115 cm³/mol. The predicted octanol–water partition coefficient (Wildman–Crippen LogP) is 3.66. The maximum atomic E-state index is 11.5. The van der Waals surface area contributed by atoms with Crippen molar-refractivity contribution in [3.05, 3.63) is 64.2 Å². The van der Waals surface area contributed by atoms with Crippen molar-refractivity contribution in [1.29, 1.82) is 0 Å². The minimum Gasteiger partial charge on any atom is -0.481 e. The number of carboxylic acids is 1. The summed E-state index contributed by atoms with van der Waals surface area (Å²) in [6.45, 7) is 7.33. The summed E-state index contributed by atoms with van der Waals surface area (Å²) in [6, 6.07) is 13.5. The molecule has 3 rings (SSSR count). The highest BCUT2D eigenvalue weighted by Gasteiger charge is 2.22. The van der Waals surface area contributed by atoms with Crippen molar-refractivity contribution >= 4 is 23.0 Å². The van der Waals surface area contributed by atoms with Gasteiger partial charge in [-0.15, -0.1) is 0 Å². The van der Waals surface area contributed by atoms with Gasteiger partial charge in [0, 0.05) is 37.9 Å². The van der Waals surface area contributed by atoms with Crippen LogP contribution in [0.1, 0.15) is 31.9 Å². The number of hydrogen-bond acceptors (Lipinski definition) is 6. The summed E-state index contributed by atoms with van der Waals surface area (Å²) in [6.07, 6.45) is -0.182. The molecule has 3 N–H and O–H groups in total. The summed E-state index contributed by atoms with van der Waals surface area (Å²) in [5, 5.41) is 27.1. The van der Waals surface area contributed by atoms with Crippen LogP contribution in [0, 0.1) is 10.1 Å². The van der Waals surface area contributed by atoms with Gasteiger partial charge >= 0.3 is 5.97 Å². The molecule has 1 heterocycles. The highest BCUT2D eigenvalue weighted by molar-refractivity contribution is 5.72. The van der Waals surface area contributed by atoms with Crippen molar-refractivity contribution in [2.45, 2.75) is 26.3 Å². The Balaban J connectivity index is 0.00000145. The number of nitrogens with zero attached hydrogens (tertiary/aromatic N) is 2. The molecule has 8 nitrogen and oxygen atoms in total. The van der Waals surface area contributed by atoms with Crippen LogP contribution in [-0.4, -0.2) is 42.2 Å². The smallest absolute Gasteiger partial charge is 0.305 e. The fourth-order valence-corrected chi connectivity index (χ4v) is 3.22. The van der Waals surface area contributed by atoms with Gasteiger partial charge in [0.05, 0.1) is 17.4 Å². The van der Waals surface area contributed by atoms with Gasteiger partial charge in [0.1, 0.15) is 5.69 Å². The maximum absolute atomic E-state index is 11.5. The SMILES string of the molecule is CC.O=C(O)CC(Nc1cc(N2CCNCC2)ccc1[N+](=O)[O-])c1ccccc1. The Hall–Kier alpha value is -3.13. The van der Waals surface area contributed by atoms with E-state index in [2.05, 4.69) is 15.5 Å². The van der Waals surface area contributed by atoms with Crippen LogP contribution < -0.4 is 15.5 Å². The fraction of sp³-hybridized carbons (Fsp3) is 0.381. The molecule has 0 bridgehead atoms. The minimum atomic E-state index is -0.975. The zero-order valence-corrected chi connectivity index (χ0v) is 16.8. The van der Waals surface area contributed by atoms with Crippen molar-refractivity contribution < 1.29 is 14.8 Å². The zero-order chi connectivity index (χ0) is 21.2. The summed E-state index contributed by atoms with van der Waals surface area (Å²) in [5.74, 6) is -0.975. The van der Waals surface area contributed by atoms with Crippen molar-refractivity contribution in [2.24, 2.45) is 0 Å². The second-order valence-corrected chi connectivity index (χ2v) is 6.40. The Labute approximate surface area is 170 Å². The van der Waals surface area contributed by atoms with E-state index < -0.39 is 16.9 Å². The molecular formula is C21H28N4O4. The maximum Gasteiger partial charge on any atom is 0.305 e. The van der Waals surface area contributed by atoms with Crippen molar-refractivity contribution in [2.75, 3.05) is 36.4 Å². The Bertz CT molecular complexity index is 808. The average Bonchev–Trinajstić information content (AvgIpc) is 2.75. The lowest BCUT2D eigenvalue weighted by molar-refractivity contribution is -0.384. The number of hydrogen-bond donors (Lipinski definition) is 3. The van der Waals surface area contributed by atoms with E-state index in [0.29, 0.717) is 5.69 Å². The van der Waals surface area contributed by atoms with Crippen LogP contribution in [0.4, 0.5) is 17.1 Å². The fourth-order valence-electron chi connectivity index (χ4n) is 3.22. The van der Waals surface area contributed by atoms with Gasteiger partial charge in [-0.3, -0.25) is 14.9 Å². The normalized spacial score (nSPS) is 14.3. The van der Waals surface area contributed by atoms with Gasteiger partial charge in [-0.05, 0) is 17.7 Å². The summed E-state index contributed by atoms with van der Waals surface area (Å²) in [4.78, 5) is 24.5. The highest BCUT2D eigenvalue weighted by atomic mass is 16.6. The van der Waals surface area contributed by atoms with Crippen molar-refractivity contribution in [1.82, 2.24) is 5.32 Å². The third kappa shape index (κ3) is 6.18. The Morgan fingerprint density at radius 3 is 2.45 bits per heavy atom. The largest absolute Gasteiger partial charge is 0.481 e. The first-order chi connectivity index (χ1) is 14.0. The van der Waals surface area contributed by atoms with Crippen LogP contribution in [0.15, 0.2) is 48.5 Å². The first-order valence-corrected chi connectivity index (χ1v) is 9.82. The molecule has 0 saturated carbocycles. The molecule has 29 heavy (non-hydrogen) atoms. The molecular weight excluding hydrogens is 372 g/mol. The Kier molecular flexibility index (Phi) is 8.42. The van der Waals surface area contributed by atoms with Gasteiger partial charge in [0.2, 0.25) is 0 Å². The number of anilines is 2. The third-order valence-corrected chi connectivity index (χ3v) is 4.57. The van der Waals surface area contributed by atoms with Gasteiger partial charge in [-0.25, -0.2) is 0 Å². The number of piperazine rings is 1. The number of nitro groups is 1. The topological polar surface area (TPSA) is 108 Å². The summed E-state index contributed by atoms with van der Waals surface area (Å²) < 4.78 is 0. The summed E-state index contributed by atoms with van der Waals surface area (Å²) in [5.41, 5.74) is 1.90. The number of nitrogens with one attached hydrogen (secondary N) is 2. The van der Waals surface area contributed by atoms with Crippen molar-refractivity contribution in [3.8, 4) is 0 Å². The van der Waals surface area contributed by atoms with E-state index in [1.165, 1.54) is 6.07 Å². The lowest BCUT2D eigenvalue weighted by Crippen LogP contribution is -2.43. The molecule has 1 atom stereocenters. The molecule has 0 aliphatic carbocycles. The molecule has 0 spiro atoms. The van der Waals surface area contributed by atoms with Gasteiger partial charge in [-0.2, -0.15) is 0 Å². The number of carboxylic acid groups (broad SMARTS) is 1. The van der Waals surface area contributed by atoms with Crippen molar-refractivity contribution in [3.63, 3.8) is 0 Å². The molecule has 1 fully saturated rings. The number of carbonyl (C=O) groups is 1. The van der Waals surface area contributed by atoms with Crippen LogP contribution in [0.2, 0.25) is 0 Å². The lowest BCUT2D eigenvalue weighted by atomic mass is 10.0. The third-order valence-electron chi connectivity index (χ3n) is 4.57. The average molecular weight is 400 g/mol. The van der Waals surface area contributed by atoms with Crippen LogP contribution in [-0.2, 0) is 4.79 Å². The van der Waals surface area contributed by atoms with E-state index in [-0.39, 0.29) is 12.1 Å². The van der Waals surface area contributed by atoms with Gasteiger partial charge in [0.15, 0.2) is 0 Å². The monoisotopic (exact) mass is 400 g/mol. The molecule has 2 aromatic carbocycles. The standard InChI is InChI=1S/C19H22N4O4.C2H6/c24-19(25)13-16(14-4-2-1-3-5-14)21-17-12-15(6-7-18(17)23(26)27)22-10-8-20-9-11-22;1-2/h1-7,12,16,20-21H,8-11,13H2,(H,24,25);1-2H3. The van der Waals surface area contributed by atoms with Crippen LogP contribution >= 0.6 is 0 Å². The molecule has 8 heteroatoms. The lowest BCUT2D eigenvalue weighted by Gasteiger charge is -2.30. The van der Waals surface area contributed by atoms with Gasteiger partial charge in [-0.1, -0.05) is 44.2 Å². The number of nitro benzene ring substituents is 1. The van der Waals surface area contributed by atoms with Crippen LogP contribution in [0.25, 0.3) is 0 Å². The van der Waals surface area contributed by atoms with E-state index >= 15 is 0 Å². The summed E-state index contributed by atoms with van der Waals surface area (Å²) >= 11 is 0. The number of rotatable bonds is 7. The quantitative estimate of drug-likeness (QED) is 0.481. The molecule has 1 saturated heterocycles. The first kappa shape index (κ1) is 22.2. The van der Waals surface area contributed by atoms with Crippen LogP contribution in [0.5, 0.6) is 0 Å². The summed E-state index contributed by atoms with van der Waals surface area (Å²) in [7, 11) is 0. The molecule has 0 amide bonds. The van der Waals surface area contributed by atoms with E-state index in [1.54, 1.807) is 12.1 Å². The van der Waals surface area contributed by atoms with E-state index in [0.717, 1.165) is 37.4 Å². The first-order valence-electron chi connectivity index (χ1n) is 9.82. The molecule has 1 aliphatic heterocycles. The highest BCUT2D eigenvalue weighted by Crippen LogP contribution is 2.33. The molecule has 0 radical (unpaired) electrons. The number of benzene rings is 2. The van der Waals surface area contributed by atoms with Gasteiger partial charge in [0.25, 0.3) is 5.69 Å². The van der Waals surface area contributed by atoms with Gasteiger partial charge < -0.3 is 20.6 Å². The number of aliphatic carboxylic acids is 1. The molecule has 2 aromatic rings. The Morgan fingerprint density at radius 1 is 1.21 bits per heavy atom. The molecule has 156 valence electrons. The molecule has 1 aliphatic rings. The zero-order valence-electron chi connectivity index (χ0n) is 16.8. The Morgan fingerprint density at radius 2 is 1.86 bits per heavy atom. The second-order valence-electron chi connectivity index (χ2n) is 6.40.